The molecule has 0 spiro atoms. The predicted octanol–water partition coefficient (Wildman–Crippen LogP) is 4.21. The molecule has 1 aliphatic heterocycles. The first-order valence-corrected chi connectivity index (χ1v) is 8.58. The molecule has 0 saturated carbocycles. The van der Waals surface area contributed by atoms with E-state index in [-0.39, 0.29) is 5.91 Å². The summed E-state index contributed by atoms with van der Waals surface area (Å²) in [6, 6.07) is 10.0. The lowest BCUT2D eigenvalue weighted by Gasteiger charge is -2.17. The lowest BCUT2D eigenvalue weighted by atomic mass is 10.2. The molecule has 1 aliphatic rings. The molecule has 0 bridgehead atoms. The first-order valence-electron chi connectivity index (χ1n) is 6.63. The standard InChI is InChI=1S/C15H15IN2OS/c16-14-9-11(10-20-14)15(19)17-12-3-5-13(6-4-12)18-7-1-2-8-18/h3-6,9-10H,1-2,7-8H2,(H,17,19). The molecule has 0 radical (unpaired) electrons. The summed E-state index contributed by atoms with van der Waals surface area (Å²) < 4.78 is 1.12. The number of carbonyl (C=O) groups excluding carboxylic acids is 1. The number of nitrogens with zero attached hydrogens (tertiary/aromatic N) is 1. The summed E-state index contributed by atoms with van der Waals surface area (Å²) in [6.45, 7) is 2.28. The Morgan fingerprint density at radius 2 is 1.90 bits per heavy atom. The average molecular weight is 398 g/mol. The Labute approximate surface area is 136 Å². The van der Waals surface area contributed by atoms with E-state index in [0.717, 1.165) is 27.2 Å². The van der Waals surface area contributed by atoms with Crippen molar-refractivity contribution in [1.82, 2.24) is 0 Å². The van der Waals surface area contributed by atoms with Crippen molar-refractivity contribution in [2.45, 2.75) is 12.8 Å². The number of hydrogen-bond donors (Lipinski definition) is 1. The summed E-state index contributed by atoms with van der Waals surface area (Å²) in [5.41, 5.74) is 2.81. The van der Waals surface area contributed by atoms with E-state index in [4.69, 9.17) is 0 Å². The summed E-state index contributed by atoms with van der Waals surface area (Å²) in [4.78, 5) is 14.4. The fourth-order valence-corrected chi connectivity index (χ4v) is 3.69. The van der Waals surface area contributed by atoms with Crippen molar-refractivity contribution < 1.29 is 4.79 Å². The minimum atomic E-state index is -0.0434. The van der Waals surface area contributed by atoms with Gasteiger partial charge in [-0.3, -0.25) is 4.79 Å². The van der Waals surface area contributed by atoms with E-state index in [0.29, 0.717) is 0 Å². The van der Waals surface area contributed by atoms with Gasteiger partial charge < -0.3 is 10.2 Å². The lowest BCUT2D eigenvalue weighted by molar-refractivity contribution is 0.102. The van der Waals surface area contributed by atoms with E-state index in [1.54, 1.807) is 11.3 Å². The van der Waals surface area contributed by atoms with Gasteiger partial charge in [-0.25, -0.2) is 0 Å². The van der Waals surface area contributed by atoms with Crippen LogP contribution in [0, 0.1) is 2.88 Å². The van der Waals surface area contributed by atoms with Gasteiger partial charge in [0.2, 0.25) is 0 Å². The van der Waals surface area contributed by atoms with Crippen LogP contribution >= 0.6 is 33.9 Å². The summed E-state index contributed by atoms with van der Waals surface area (Å²) >= 11 is 3.81. The molecule has 20 heavy (non-hydrogen) atoms. The summed E-state index contributed by atoms with van der Waals surface area (Å²) in [5.74, 6) is -0.0434. The third-order valence-electron chi connectivity index (χ3n) is 3.43. The second kappa shape index (κ2) is 6.13. The first-order chi connectivity index (χ1) is 9.72. The maximum absolute atomic E-state index is 12.1. The van der Waals surface area contributed by atoms with E-state index >= 15 is 0 Å². The number of halogens is 1. The second-order valence-corrected chi connectivity index (χ2v) is 7.64. The minimum Gasteiger partial charge on any atom is -0.372 e. The van der Waals surface area contributed by atoms with Gasteiger partial charge in [-0.15, -0.1) is 11.3 Å². The second-order valence-electron chi connectivity index (χ2n) is 4.83. The highest BCUT2D eigenvalue weighted by molar-refractivity contribution is 14.1. The topological polar surface area (TPSA) is 32.3 Å². The Bertz CT molecular complexity index is 603. The molecular formula is C15H15IN2OS. The van der Waals surface area contributed by atoms with Gasteiger partial charge >= 0.3 is 0 Å². The zero-order chi connectivity index (χ0) is 13.9. The van der Waals surface area contributed by atoms with Gasteiger partial charge in [0.15, 0.2) is 0 Å². The number of anilines is 2. The minimum absolute atomic E-state index is 0.0434. The van der Waals surface area contributed by atoms with E-state index in [1.807, 2.05) is 23.6 Å². The van der Waals surface area contributed by atoms with Crippen LogP contribution in [0.25, 0.3) is 0 Å². The molecule has 1 N–H and O–H groups in total. The van der Waals surface area contributed by atoms with Crippen LogP contribution in [-0.2, 0) is 0 Å². The van der Waals surface area contributed by atoms with Crippen LogP contribution in [-0.4, -0.2) is 19.0 Å². The molecular weight excluding hydrogens is 383 g/mol. The zero-order valence-electron chi connectivity index (χ0n) is 10.9. The smallest absolute Gasteiger partial charge is 0.256 e. The number of hydrogen-bond acceptors (Lipinski definition) is 3. The summed E-state index contributed by atoms with van der Waals surface area (Å²) in [5, 5.41) is 4.82. The molecule has 5 heteroatoms. The van der Waals surface area contributed by atoms with Gasteiger partial charge in [0.1, 0.15) is 0 Å². The molecule has 104 valence electrons. The monoisotopic (exact) mass is 398 g/mol. The number of rotatable bonds is 3. The highest BCUT2D eigenvalue weighted by Crippen LogP contribution is 2.23. The van der Waals surface area contributed by atoms with Gasteiger partial charge in [-0.1, -0.05) is 0 Å². The molecule has 3 nitrogen and oxygen atoms in total. The van der Waals surface area contributed by atoms with Crippen molar-refractivity contribution in [3.63, 3.8) is 0 Å². The fourth-order valence-electron chi connectivity index (χ4n) is 2.36. The van der Waals surface area contributed by atoms with Gasteiger partial charge in [-0.2, -0.15) is 0 Å². The molecule has 1 fully saturated rings. The molecule has 2 heterocycles. The fraction of sp³-hybridized carbons (Fsp3) is 0.267. The molecule has 0 atom stereocenters. The van der Waals surface area contributed by atoms with Gasteiger partial charge in [-0.05, 0) is 65.8 Å². The van der Waals surface area contributed by atoms with Crippen LogP contribution in [0.2, 0.25) is 0 Å². The van der Waals surface area contributed by atoms with E-state index in [2.05, 4.69) is 44.9 Å². The van der Waals surface area contributed by atoms with Crippen LogP contribution < -0.4 is 10.2 Å². The van der Waals surface area contributed by atoms with Crippen molar-refractivity contribution in [3.05, 3.63) is 44.2 Å². The number of amides is 1. The van der Waals surface area contributed by atoms with Crippen LogP contribution in [0.5, 0.6) is 0 Å². The highest BCUT2D eigenvalue weighted by atomic mass is 127. The Morgan fingerprint density at radius 3 is 2.50 bits per heavy atom. The Balaban J connectivity index is 1.67. The highest BCUT2D eigenvalue weighted by Gasteiger charge is 2.12. The summed E-state index contributed by atoms with van der Waals surface area (Å²) in [7, 11) is 0. The zero-order valence-corrected chi connectivity index (χ0v) is 13.9. The molecule has 2 aromatic rings. The molecule has 3 rings (SSSR count). The normalized spacial score (nSPS) is 14.6. The molecule has 1 aromatic carbocycles. The van der Waals surface area contributed by atoms with E-state index in [1.165, 1.54) is 18.5 Å². The van der Waals surface area contributed by atoms with Crippen molar-refractivity contribution in [2.75, 3.05) is 23.3 Å². The largest absolute Gasteiger partial charge is 0.372 e. The SMILES string of the molecule is O=C(Nc1ccc(N2CCCC2)cc1)c1csc(I)c1. The van der Waals surface area contributed by atoms with Crippen LogP contribution in [0.1, 0.15) is 23.2 Å². The van der Waals surface area contributed by atoms with Crippen molar-refractivity contribution in [1.29, 1.82) is 0 Å². The van der Waals surface area contributed by atoms with Crippen LogP contribution in [0.3, 0.4) is 0 Å². The van der Waals surface area contributed by atoms with Gasteiger partial charge in [0.05, 0.1) is 8.45 Å². The maximum atomic E-state index is 12.1. The van der Waals surface area contributed by atoms with Crippen LogP contribution in [0.4, 0.5) is 11.4 Å². The predicted molar refractivity (Wildman–Crippen MR) is 92.9 cm³/mol. The Hall–Kier alpha value is -1.08. The third-order valence-corrected chi connectivity index (χ3v) is 5.22. The Kier molecular flexibility index (Phi) is 4.26. The first kappa shape index (κ1) is 13.9. The van der Waals surface area contributed by atoms with E-state index in [9.17, 15) is 4.79 Å². The molecule has 0 aliphatic carbocycles. The quantitative estimate of drug-likeness (QED) is 0.786. The lowest BCUT2D eigenvalue weighted by Crippen LogP contribution is -2.17. The number of benzene rings is 1. The summed E-state index contributed by atoms with van der Waals surface area (Å²) in [6.07, 6.45) is 2.55. The number of nitrogens with one attached hydrogen (secondary N) is 1. The van der Waals surface area contributed by atoms with Crippen molar-refractivity contribution in [3.8, 4) is 0 Å². The molecule has 1 aromatic heterocycles. The maximum Gasteiger partial charge on any atom is 0.256 e. The molecule has 0 unspecified atom stereocenters. The Morgan fingerprint density at radius 1 is 1.20 bits per heavy atom. The van der Waals surface area contributed by atoms with E-state index < -0.39 is 0 Å². The van der Waals surface area contributed by atoms with Gasteiger partial charge in [0.25, 0.3) is 5.91 Å². The van der Waals surface area contributed by atoms with Crippen molar-refractivity contribution >= 4 is 51.2 Å². The third kappa shape index (κ3) is 3.15. The van der Waals surface area contributed by atoms with Crippen molar-refractivity contribution in [2.24, 2.45) is 0 Å². The van der Waals surface area contributed by atoms with Gasteiger partial charge in [0, 0.05) is 29.8 Å². The van der Waals surface area contributed by atoms with Crippen LogP contribution in [0.15, 0.2) is 35.7 Å². The molecule has 1 saturated heterocycles. The number of thiophene rings is 1. The molecule has 1 amide bonds. The number of carbonyl (C=O) groups is 1. The average Bonchev–Trinajstić information content (AvgIpc) is 3.10.